The van der Waals surface area contributed by atoms with E-state index < -0.39 is 6.04 Å². The molecule has 0 saturated heterocycles. The smallest absolute Gasteiger partial charge is 0.242 e. The minimum Gasteiger partial charge on any atom is -0.354 e. The number of rotatable bonds is 11. The zero-order valence-corrected chi connectivity index (χ0v) is 21.8. The van der Waals surface area contributed by atoms with Crippen LogP contribution in [0.1, 0.15) is 70.1 Å². The molecular formula is C27H36Cl2N2O2. The van der Waals surface area contributed by atoms with Crippen molar-refractivity contribution in [3.05, 3.63) is 69.2 Å². The van der Waals surface area contributed by atoms with Crippen molar-refractivity contribution in [2.75, 3.05) is 6.54 Å². The highest BCUT2D eigenvalue weighted by Crippen LogP contribution is 2.27. The van der Waals surface area contributed by atoms with Crippen molar-refractivity contribution < 1.29 is 9.59 Å². The first-order valence-electron chi connectivity index (χ1n) is 11.7. The minimum atomic E-state index is -0.591. The third-order valence-electron chi connectivity index (χ3n) is 5.73. The second-order valence-electron chi connectivity index (χ2n) is 9.18. The standard InChI is InChI=1S/C27H36Cl2N2O2/c1-6-25(27(33)30-16-18(2)3)31(17-22-23(28)8-7-9-24(22)29)26(32)15-12-20-10-13-21(14-11-20)19(4)5/h7-11,13-14,18-19,25H,6,12,15-17H2,1-5H3,(H,30,33). The second kappa shape index (κ2) is 13.0. The van der Waals surface area contributed by atoms with Crippen LogP contribution in [-0.2, 0) is 22.6 Å². The Morgan fingerprint density at radius 1 is 0.970 bits per heavy atom. The van der Waals surface area contributed by atoms with E-state index in [0.29, 0.717) is 53.3 Å². The lowest BCUT2D eigenvalue weighted by Gasteiger charge is -2.31. The van der Waals surface area contributed by atoms with Crippen molar-refractivity contribution >= 4 is 35.0 Å². The third-order valence-corrected chi connectivity index (χ3v) is 6.44. The van der Waals surface area contributed by atoms with E-state index in [4.69, 9.17) is 23.2 Å². The third kappa shape index (κ3) is 8.04. The molecule has 0 spiro atoms. The number of nitrogens with one attached hydrogen (secondary N) is 1. The van der Waals surface area contributed by atoms with Crippen LogP contribution in [0.2, 0.25) is 10.0 Å². The SMILES string of the molecule is CCC(C(=O)NCC(C)C)N(Cc1c(Cl)cccc1Cl)C(=O)CCc1ccc(C(C)C)cc1. The van der Waals surface area contributed by atoms with E-state index in [9.17, 15) is 9.59 Å². The largest absolute Gasteiger partial charge is 0.354 e. The summed E-state index contributed by atoms with van der Waals surface area (Å²) in [6, 6.07) is 13.1. The zero-order valence-electron chi connectivity index (χ0n) is 20.3. The van der Waals surface area contributed by atoms with Crippen molar-refractivity contribution in [1.82, 2.24) is 10.2 Å². The molecule has 0 saturated carbocycles. The Bertz CT molecular complexity index is 906. The molecule has 0 aliphatic rings. The molecule has 2 rings (SSSR count). The minimum absolute atomic E-state index is 0.0922. The average molecular weight is 492 g/mol. The van der Waals surface area contributed by atoms with Crippen molar-refractivity contribution in [2.45, 2.75) is 72.4 Å². The fraction of sp³-hybridized carbons (Fsp3) is 0.481. The van der Waals surface area contributed by atoms with Gasteiger partial charge < -0.3 is 10.2 Å². The Balaban J connectivity index is 2.24. The van der Waals surface area contributed by atoms with Gasteiger partial charge in [0.1, 0.15) is 6.04 Å². The highest BCUT2D eigenvalue weighted by molar-refractivity contribution is 6.36. The fourth-order valence-corrected chi connectivity index (χ4v) is 4.18. The molecule has 0 heterocycles. The van der Waals surface area contributed by atoms with Crippen LogP contribution in [0.5, 0.6) is 0 Å². The molecule has 0 aromatic heterocycles. The summed E-state index contributed by atoms with van der Waals surface area (Å²) >= 11 is 12.8. The highest BCUT2D eigenvalue weighted by atomic mass is 35.5. The van der Waals surface area contributed by atoms with Gasteiger partial charge in [0, 0.05) is 35.1 Å². The Hall–Kier alpha value is -2.04. The number of aryl methyl sites for hydroxylation is 1. The van der Waals surface area contributed by atoms with E-state index in [2.05, 4.69) is 43.4 Å². The second-order valence-corrected chi connectivity index (χ2v) is 10.00. The van der Waals surface area contributed by atoms with Gasteiger partial charge in [-0.15, -0.1) is 0 Å². The van der Waals surface area contributed by atoms with Crippen molar-refractivity contribution in [3.63, 3.8) is 0 Å². The Morgan fingerprint density at radius 2 is 1.58 bits per heavy atom. The molecule has 0 radical (unpaired) electrons. The number of benzene rings is 2. The Morgan fingerprint density at radius 3 is 2.09 bits per heavy atom. The molecule has 0 aliphatic carbocycles. The summed E-state index contributed by atoms with van der Waals surface area (Å²) in [4.78, 5) is 28.0. The van der Waals surface area contributed by atoms with Gasteiger partial charge in [0.25, 0.3) is 0 Å². The van der Waals surface area contributed by atoms with Gasteiger partial charge in [0.05, 0.1) is 0 Å². The van der Waals surface area contributed by atoms with Crippen LogP contribution >= 0.6 is 23.2 Å². The molecule has 0 bridgehead atoms. The summed E-state index contributed by atoms with van der Waals surface area (Å²) in [6.07, 6.45) is 1.41. The maximum absolute atomic E-state index is 13.4. The Labute approximate surface area is 208 Å². The molecule has 1 unspecified atom stereocenters. The van der Waals surface area contributed by atoms with Crippen molar-refractivity contribution in [2.24, 2.45) is 5.92 Å². The van der Waals surface area contributed by atoms with Crippen LogP contribution in [0, 0.1) is 5.92 Å². The number of carbonyl (C=O) groups excluding carboxylic acids is 2. The summed E-state index contributed by atoms with van der Waals surface area (Å²) in [5, 5.41) is 3.95. The van der Waals surface area contributed by atoms with E-state index in [1.54, 1.807) is 23.1 Å². The molecule has 6 heteroatoms. The number of carbonyl (C=O) groups is 2. The van der Waals surface area contributed by atoms with Crippen LogP contribution in [0.4, 0.5) is 0 Å². The van der Waals surface area contributed by atoms with Crippen LogP contribution in [0.15, 0.2) is 42.5 Å². The van der Waals surface area contributed by atoms with E-state index >= 15 is 0 Å². The molecule has 1 atom stereocenters. The van der Waals surface area contributed by atoms with Crippen LogP contribution in [0.3, 0.4) is 0 Å². The highest BCUT2D eigenvalue weighted by Gasteiger charge is 2.29. The van der Waals surface area contributed by atoms with Crippen molar-refractivity contribution in [3.8, 4) is 0 Å². The first-order chi connectivity index (χ1) is 15.6. The average Bonchev–Trinajstić information content (AvgIpc) is 2.78. The summed E-state index contributed by atoms with van der Waals surface area (Å²) in [5.41, 5.74) is 3.03. The molecule has 180 valence electrons. The lowest BCUT2D eigenvalue weighted by Crippen LogP contribution is -2.49. The molecule has 0 aliphatic heterocycles. The lowest BCUT2D eigenvalue weighted by atomic mass is 10.00. The van der Waals surface area contributed by atoms with Gasteiger partial charge in [-0.3, -0.25) is 9.59 Å². The molecular weight excluding hydrogens is 455 g/mol. The number of hydrogen-bond donors (Lipinski definition) is 1. The molecule has 2 aromatic rings. The van der Waals surface area contributed by atoms with Gasteiger partial charge in [0.2, 0.25) is 11.8 Å². The first kappa shape index (κ1) is 27.2. The van der Waals surface area contributed by atoms with Crippen LogP contribution in [-0.4, -0.2) is 29.3 Å². The monoisotopic (exact) mass is 490 g/mol. The molecule has 2 amide bonds. The van der Waals surface area contributed by atoms with Crippen LogP contribution in [0.25, 0.3) is 0 Å². The van der Waals surface area contributed by atoms with Gasteiger partial charge >= 0.3 is 0 Å². The lowest BCUT2D eigenvalue weighted by molar-refractivity contribution is -0.141. The summed E-state index contributed by atoms with van der Waals surface area (Å²) in [6.45, 7) is 11.1. The van der Waals surface area contributed by atoms with Gasteiger partial charge in [-0.1, -0.05) is 88.2 Å². The van der Waals surface area contributed by atoms with Crippen LogP contribution < -0.4 is 5.32 Å². The first-order valence-corrected chi connectivity index (χ1v) is 12.5. The quantitative estimate of drug-likeness (QED) is 0.384. The predicted molar refractivity (Wildman–Crippen MR) is 138 cm³/mol. The number of nitrogens with zero attached hydrogens (tertiary/aromatic N) is 1. The number of amides is 2. The van der Waals surface area contributed by atoms with E-state index in [-0.39, 0.29) is 18.4 Å². The normalized spacial score (nSPS) is 12.2. The van der Waals surface area contributed by atoms with Gasteiger partial charge in [-0.25, -0.2) is 0 Å². The van der Waals surface area contributed by atoms with Gasteiger partial charge in [0.15, 0.2) is 0 Å². The molecule has 1 N–H and O–H groups in total. The summed E-state index contributed by atoms with van der Waals surface area (Å²) in [5.74, 6) is 0.545. The number of hydrogen-bond acceptors (Lipinski definition) is 2. The summed E-state index contributed by atoms with van der Waals surface area (Å²) in [7, 11) is 0. The fourth-order valence-electron chi connectivity index (χ4n) is 3.66. The molecule has 4 nitrogen and oxygen atoms in total. The molecule has 2 aromatic carbocycles. The predicted octanol–water partition coefficient (Wildman–Crippen LogP) is 6.63. The maximum Gasteiger partial charge on any atom is 0.242 e. The van der Waals surface area contributed by atoms with E-state index in [1.807, 2.05) is 20.8 Å². The molecule has 33 heavy (non-hydrogen) atoms. The molecule has 0 fully saturated rings. The van der Waals surface area contributed by atoms with Crippen molar-refractivity contribution in [1.29, 1.82) is 0 Å². The Kier molecular flexibility index (Phi) is 10.7. The summed E-state index contributed by atoms with van der Waals surface area (Å²) < 4.78 is 0. The van der Waals surface area contributed by atoms with Gasteiger partial charge in [-0.05, 0) is 47.9 Å². The van der Waals surface area contributed by atoms with Gasteiger partial charge in [-0.2, -0.15) is 0 Å². The zero-order chi connectivity index (χ0) is 24.5. The maximum atomic E-state index is 13.4. The van der Waals surface area contributed by atoms with E-state index in [0.717, 1.165) is 5.56 Å². The van der Waals surface area contributed by atoms with E-state index in [1.165, 1.54) is 5.56 Å². The number of halogens is 2. The topological polar surface area (TPSA) is 49.4 Å².